The summed E-state index contributed by atoms with van der Waals surface area (Å²) < 4.78 is 31.0. The molecule has 3 aromatic carbocycles. The Balaban J connectivity index is 1.83. The summed E-state index contributed by atoms with van der Waals surface area (Å²) in [4.78, 5) is 33.4. The first-order valence-corrected chi connectivity index (χ1v) is 16.1. The first-order valence-electron chi connectivity index (χ1n) is 14.4. The van der Waals surface area contributed by atoms with Crippen molar-refractivity contribution in [2.24, 2.45) is 4.99 Å². The standard InChI is InChI=1S/C34H33BrN2O7S/c1-6-42-25-19-26(43-7-2)23(35)16-22(25)18-28-32(38)37-31(21-14-15-24(40-4)27(17-21)41-5)29(33(39)44-8-3)30(36-34(37)45-28)20-12-10-9-11-13-20/h9-19,31H,6-8H2,1-5H3/b28-18-/t31-/m1/s1. The molecule has 2 heterocycles. The van der Waals surface area contributed by atoms with Crippen molar-refractivity contribution >= 4 is 45.0 Å². The van der Waals surface area contributed by atoms with Crippen molar-refractivity contribution in [1.82, 2.24) is 4.57 Å². The van der Waals surface area contributed by atoms with Gasteiger partial charge in [-0.05, 0) is 66.5 Å². The smallest absolute Gasteiger partial charge is 0.338 e. The lowest BCUT2D eigenvalue weighted by Gasteiger charge is -2.26. The Hall–Kier alpha value is -4.35. The molecule has 0 spiro atoms. The maximum Gasteiger partial charge on any atom is 0.338 e. The highest BCUT2D eigenvalue weighted by atomic mass is 79.9. The lowest BCUT2D eigenvalue weighted by atomic mass is 9.93. The van der Waals surface area contributed by atoms with Gasteiger partial charge in [0, 0.05) is 17.2 Å². The minimum Gasteiger partial charge on any atom is -0.493 e. The predicted octanol–water partition coefficient (Wildman–Crippen LogP) is 5.51. The molecular weight excluding hydrogens is 660 g/mol. The van der Waals surface area contributed by atoms with Crippen LogP contribution < -0.4 is 33.8 Å². The van der Waals surface area contributed by atoms with Gasteiger partial charge in [-0.15, -0.1) is 0 Å². The van der Waals surface area contributed by atoms with Crippen molar-refractivity contribution in [1.29, 1.82) is 0 Å². The van der Waals surface area contributed by atoms with Crippen LogP contribution in [-0.2, 0) is 9.53 Å². The third-order valence-electron chi connectivity index (χ3n) is 7.05. The number of hydrogen-bond donors (Lipinski definition) is 0. The molecule has 1 aliphatic heterocycles. The molecule has 0 unspecified atom stereocenters. The number of methoxy groups -OCH3 is 2. The van der Waals surface area contributed by atoms with Gasteiger partial charge < -0.3 is 23.7 Å². The van der Waals surface area contributed by atoms with E-state index in [0.29, 0.717) is 62.4 Å². The van der Waals surface area contributed by atoms with Crippen molar-refractivity contribution in [3.8, 4) is 23.0 Å². The molecule has 0 fully saturated rings. The molecule has 1 aromatic heterocycles. The Labute approximate surface area is 273 Å². The minimum atomic E-state index is -0.865. The normalized spacial score (nSPS) is 14.4. The monoisotopic (exact) mass is 692 g/mol. The molecular formula is C34H33BrN2O7S. The average Bonchev–Trinajstić information content (AvgIpc) is 3.36. The Morgan fingerprint density at radius 1 is 0.911 bits per heavy atom. The highest BCUT2D eigenvalue weighted by molar-refractivity contribution is 9.10. The van der Waals surface area contributed by atoms with E-state index in [1.54, 1.807) is 42.9 Å². The number of aromatic nitrogens is 1. The summed E-state index contributed by atoms with van der Waals surface area (Å²) in [6.45, 7) is 6.62. The third kappa shape index (κ3) is 6.41. The maximum atomic E-state index is 14.3. The molecule has 9 nitrogen and oxygen atoms in total. The fourth-order valence-electron chi connectivity index (χ4n) is 5.13. The molecule has 0 saturated carbocycles. The van der Waals surface area contributed by atoms with E-state index in [2.05, 4.69) is 15.9 Å². The molecule has 45 heavy (non-hydrogen) atoms. The largest absolute Gasteiger partial charge is 0.493 e. The number of carbonyl (C=O) groups excluding carboxylic acids is 1. The van der Waals surface area contributed by atoms with Gasteiger partial charge in [-0.1, -0.05) is 47.7 Å². The van der Waals surface area contributed by atoms with Crippen LogP contribution in [0.15, 0.2) is 80.5 Å². The Bertz CT molecular complexity index is 1930. The molecule has 4 aromatic rings. The number of fused-ring (bicyclic) bond motifs is 1. The van der Waals surface area contributed by atoms with E-state index in [0.717, 1.165) is 10.0 Å². The summed E-state index contributed by atoms with van der Waals surface area (Å²) in [7, 11) is 3.09. The van der Waals surface area contributed by atoms with Crippen LogP contribution in [0.25, 0.3) is 11.8 Å². The van der Waals surface area contributed by atoms with Crippen molar-refractivity contribution in [3.63, 3.8) is 0 Å². The first kappa shape index (κ1) is 32.1. The Morgan fingerprint density at radius 3 is 2.29 bits per heavy atom. The number of esters is 1. The molecule has 5 rings (SSSR count). The quantitative estimate of drug-likeness (QED) is 0.191. The fraction of sp³-hybridized carbons (Fsp3) is 0.265. The van der Waals surface area contributed by atoms with E-state index in [9.17, 15) is 9.59 Å². The number of hydrogen-bond acceptors (Lipinski definition) is 9. The van der Waals surface area contributed by atoms with Gasteiger partial charge in [-0.3, -0.25) is 9.36 Å². The Kier molecular flexibility index (Phi) is 10.1. The van der Waals surface area contributed by atoms with Crippen LogP contribution in [0.2, 0.25) is 0 Å². The van der Waals surface area contributed by atoms with E-state index in [1.165, 1.54) is 18.4 Å². The lowest BCUT2D eigenvalue weighted by molar-refractivity contribution is -0.138. The summed E-state index contributed by atoms with van der Waals surface area (Å²) in [6.07, 6.45) is 1.78. The maximum absolute atomic E-state index is 14.3. The minimum absolute atomic E-state index is 0.153. The molecule has 0 bridgehead atoms. The molecule has 1 aliphatic rings. The van der Waals surface area contributed by atoms with Gasteiger partial charge in [-0.2, -0.15) is 0 Å². The fourth-order valence-corrected chi connectivity index (χ4v) is 6.60. The third-order valence-corrected chi connectivity index (χ3v) is 8.65. The van der Waals surface area contributed by atoms with Gasteiger partial charge in [0.25, 0.3) is 5.56 Å². The van der Waals surface area contributed by atoms with Gasteiger partial charge in [0.1, 0.15) is 11.5 Å². The molecule has 11 heteroatoms. The zero-order valence-corrected chi connectivity index (χ0v) is 28.0. The number of halogens is 1. The zero-order valence-electron chi connectivity index (χ0n) is 25.6. The molecule has 0 radical (unpaired) electrons. The molecule has 0 amide bonds. The second kappa shape index (κ2) is 14.2. The number of carbonyl (C=O) groups is 1. The van der Waals surface area contributed by atoms with Crippen LogP contribution in [0.5, 0.6) is 23.0 Å². The average molecular weight is 694 g/mol. The summed E-state index contributed by atoms with van der Waals surface area (Å²) in [5, 5.41) is 0. The Morgan fingerprint density at radius 2 is 1.62 bits per heavy atom. The van der Waals surface area contributed by atoms with Crippen LogP contribution >= 0.6 is 27.3 Å². The number of benzene rings is 3. The second-order valence-corrected chi connectivity index (χ2v) is 11.6. The summed E-state index contributed by atoms with van der Waals surface area (Å²) in [6, 6.07) is 17.5. The first-order chi connectivity index (χ1) is 21.8. The van der Waals surface area contributed by atoms with Crippen molar-refractivity contribution in [2.75, 3.05) is 34.0 Å². The predicted molar refractivity (Wildman–Crippen MR) is 177 cm³/mol. The van der Waals surface area contributed by atoms with Gasteiger partial charge in [0.2, 0.25) is 0 Å². The number of rotatable bonds is 11. The second-order valence-electron chi connectivity index (χ2n) is 9.73. The molecule has 0 N–H and O–H groups in total. The van der Waals surface area contributed by atoms with Gasteiger partial charge >= 0.3 is 5.97 Å². The van der Waals surface area contributed by atoms with Crippen molar-refractivity contribution in [3.05, 3.63) is 107 Å². The van der Waals surface area contributed by atoms with Gasteiger partial charge in [0.15, 0.2) is 16.3 Å². The van der Waals surface area contributed by atoms with E-state index < -0.39 is 12.0 Å². The molecule has 0 aliphatic carbocycles. The van der Waals surface area contributed by atoms with Crippen LogP contribution in [0, 0.1) is 0 Å². The van der Waals surface area contributed by atoms with Gasteiger partial charge in [-0.25, -0.2) is 9.79 Å². The molecule has 1 atom stereocenters. The van der Waals surface area contributed by atoms with E-state index in [-0.39, 0.29) is 17.7 Å². The number of ether oxygens (including phenoxy) is 5. The lowest BCUT2D eigenvalue weighted by Crippen LogP contribution is -2.40. The van der Waals surface area contributed by atoms with E-state index in [4.69, 9.17) is 28.7 Å². The van der Waals surface area contributed by atoms with Crippen LogP contribution in [0.3, 0.4) is 0 Å². The molecule has 0 saturated heterocycles. The van der Waals surface area contributed by atoms with Crippen molar-refractivity contribution in [2.45, 2.75) is 26.8 Å². The van der Waals surface area contributed by atoms with Crippen LogP contribution in [0.1, 0.15) is 43.5 Å². The molecule has 234 valence electrons. The summed E-state index contributed by atoms with van der Waals surface area (Å²) in [5.74, 6) is 1.62. The van der Waals surface area contributed by atoms with E-state index >= 15 is 0 Å². The van der Waals surface area contributed by atoms with E-state index in [1.807, 2.05) is 56.3 Å². The highest BCUT2D eigenvalue weighted by Gasteiger charge is 2.35. The number of nitrogens with zero attached hydrogens (tertiary/aromatic N) is 2. The van der Waals surface area contributed by atoms with Crippen LogP contribution in [0.4, 0.5) is 0 Å². The van der Waals surface area contributed by atoms with Crippen molar-refractivity contribution < 1.29 is 28.5 Å². The van der Waals surface area contributed by atoms with Gasteiger partial charge in [0.05, 0.1) is 60.4 Å². The topological polar surface area (TPSA) is 97.6 Å². The zero-order chi connectivity index (χ0) is 32.1. The number of thiazole rings is 1. The highest BCUT2D eigenvalue weighted by Crippen LogP contribution is 2.39. The SMILES string of the molecule is CCOC(=O)C1=C(c2ccccc2)N=c2s/c(=C\c3cc(Br)c(OCC)cc3OCC)c(=O)n2[C@@H]1c1ccc(OC)c(OC)c1. The summed E-state index contributed by atoms with van der Waals surface area (Å²) in [5.41, 5.74) is 2.39. The van der Waals surface area contributed by atoms with Crippen LogP contribution in [-0.4, -0.2) is 44.6 Å². The summed E-state index contributed by atoms with van der Waals surface area (Å²) >= 11 is 4.81.